The van der Waals surface area contributed by atoms with E-state index in [-0.39, 0.29) is 11.9 Å². The third-order valence-electron chi connectivity index (χ3n) is 4.53. The lowest BCUT2D eigenvalue weighted by Gasteiger charge is -2.18. The fraction of sp³-hybridized carbons (Fsp3) is 0.261. The second-order valence-electron chi connectivity index (χ2n) is 7.00. The number of carbonyl (C=O) groups is 2. The zero-order valence-electron chi connectivity index (χ0n) is 17.4. The van der Waals surface area contributed by atoms with Crippen molar-refractivity contribution in [3.05, 3.63) is 81.6 Å². The van der Waals surface area contributed by atoms with E-state index in [0.29, 0.717) is 17.9 Å². The number of rotatable bonds is 8. The Kier molecular flexibility index (Phi) is 7.36. The second-order valence-corrected chi connectivity index (χ2v) is 8.06. The highest BCUT2D eigenvalue weighted by Gasteiger charge is 2.21. The van der Waals surface area contributed by atoms with Crippen LogP contribution in [0.25, 0.3) is 0 Å². The number of aromatic nitrogens is 1. The van der Waals surface area contributed by atoms with Crippen molar-refractivity contribution in [1.29, 1.82) is 0 Å². The molecular weight excluding hydrogens is 419 g/mol. The zero-order chi connectivity index (χ0) is 22.4. The van der Waals surface area contributed by atoms with Crippen LogP contribution in [-0.4, -0.2) is 23.0 Å². The molecule has 0 fully saturated rings. The Bertz CT molecular complexity index is 1030. The fourth-order valence-corrected chi connectivity index (χ4v) is 3.36. The first-order valence-corrected chi connectivity index (χ1v) is 10.6. The Morgan fingerprint density at radius 1 is 1.10 bits per heavy atom. The predicted molar refractivity (Wildman–Crippen MR) is 115 cm³/mol. The summed E-state index contributed by atoms with van der Waals surface area (Å²) in [4.78, 5) is 29.0. The summed E-state index contributed by atoms with van der Waals surface area (Å²) in [5, 5.41) is 5.66. The Balaban J connectivity index is 1.50. The van der Waals surface area contributed by atoms with E-state index in [4.69, 9.17) is 9.47 Å². The van der Waals surface area contributed by atoms with Crippen LogP contribution < -0.4 is 10.1 Å². The summed E-state index contributed by atoms with van der Waals surface area (Å²) in [5.74, 6) is -0.803. The quantitative estimate of drug-likeness (QED) is 0.516. The maximum absolute atomic E-state index is 13.0. The van der Waals surface area contributed by atoms with Gasteiger partial charge in [-0.05, 0) is 62.7 Å². The number of amides is 1. The van der Waals surface area contributed by atoms with E-state index in [1.54, 1.807) is 54.7 Å². The molecule has 8 heteroatoms. The summed E-state index contributed by atoms with van der Waals surface area (Å²) in [5.41, 5.74) is 1.90. The van der Waals surface area contributed by atoms with Gasteiger partial charge in [0.25, 0.3) is 5.91 Å². The predicted octanol–water partition coefficient (Wildman–Crippen LogP) is 4.59. The molecule has 0 aliphatic carbocycles. The number of esters is 1. The van der Waals surface area contributed by atoms with Crippen LogP contribution in [0.15, 0.2) is 53.9 Å². The van der Waals surface area contributed by atoms with E-state index in [9.17, 15) is 14.0 Å². The number of thiazole rings is 1. The standard InChI is InChI=1S/C23H23FN2O4S/c1-14(17-4-8-19(24)9-5-17)25-22(27)15(2)30-23(28)18-6-10-21(11-7-18)29-12-20-13-31-16(3)26-20/h4-11,13-15H,12H2,1-3H3,(H,25,27). The SMILES string of the molecule is Cc1nc(COc2ccc(C(=O)OC(C)C(=O)NC(C)c3ccc(F)cc3)cc2)cs1. The van der Waals surface area contributed by atoms with Gasteiger partial charge in [-0.1, -0.05) is 12.1 Å². The molecule has 1 amide bonds. The normalized spacial score (nSPS) is 12.6. The number of halogens is 1. The average Bonchev–Trinajstić information content (AvgIpc) is 3.18. The molecule has 0 saturated carbocycles. The van der Waals surface area contributed by atoms with Crippen molar-refractivity contribution >= 4 is 23.2 Å². The molecule has 1 heterocycles. The number of ether oxygens (including phenoxy) is 2. The molecule has 2 atom stereocenters. The number of carbonyl (C=O) groups excluding carboxylic acids is 2. The van der Waals surface area contributed by atoms with Crippen LogP contribution in [0.3, 0.4) is 0 Å². The van der Waals surface area contributed by atoms with Crippen LogP contribution in [0.1, 0.15) is 46.5 Å². The smallest absolute Gasteiger partial charge is 0.338 e. The van der Waals surface area contributed by atoms with Crippen molar-refractivity contribution < 1.29 is 23.5 Å². The third kappa shape index (κ3) is 6.36. The Labute approximate surface area is 184 Å². The Morgan fingerprint density at radius 2 is 1.77 bits per heavy atom. The van der Waals surface area contributed by atoms with E-state index >= 15 is 0 Å². The molecule has 1 N–H and O–H groups in total. The molecule has 6 nitrogen and oxygen atoms in total. The van der Waals surface area contributed by atoms with Crippen LogP contribution in [-0.2, 0) is 16.1 Å². The number of hydrogen-bond acceptors (Lipinski definition) is 6. The minimum atomic E-state index is -0.987. The molecule has 2 aromatic carbocycles. The molecule has 3 aromatic rings. The number of nitrogens with zero attached hydrogens (tertiary/aromatic N) is 1. The molecule has 0 aliphatic rings. The lowest BCUT2D eigenvalue weighted by Crippen LogP contribution is -2.37. The first-order valence-electron chi connectivity index (χ1n) is 9.72. The Morgan fingerprint density at radius 3 is 2.39 bits per heavy atom. The van der Waals surface area contributed by atoms with E-state index in [1.807, 2.05) is 12.3 Å². The molecule has 0 bridgehead atoms. The van der Waals surface area contributed by atoms with Gasteiger partial charge in [0.15, 0.2) is 6.10 Å². The van der Waals surface area contributed by atoms with Crippen LogP contribution in [0.4, 0.5) is 4.39 Å². The minimum absolute atomic E-state index is 0.308. The molecule has 2 unspecified atom stereocenters. The molecule has 0 spiro atoms. The molecule has 0 aliphatic heterocycles. The van der Waals surface area contributed by atoms with Gasteiger partial charge in [-0.15, -0.1) is 11.3 Å². The van der Waals surface area contributed by atoms with Crippen LogP contribution in [0.2, 0.25) is 0 Å². The lowest BCUT2D eigenvalue weighted by molar-refractivity contribution is -0.129. The van der Waals surface area contributed by atoms with Gasteiger partial charge in [-0.25, -0.2) is 14.2 Å². The molecule has 0 saturated heterocycles. The monoisotopic (exact) mass is 442 g/mol. The number of aryl methyl sites for hydroxylation is 1. The number of hydrogen-bond donors (Lipinski definition) is 1. The molecule has 1 aromatic heterocycles. The third-order valence-corrected chi connectivity index (χ3v) is 5.35. The maximum Gasteiger partial charge on any atom is 0.338 e. The zero-order valence-corrected chi connectivity index (χ0v) is 18.2. The van der Waals surface area contributed by atoms with E-state index in [1.165, 1.54) is 19.1 Å². The highest BCUT2D eigenvalue weighted by atomic mass is 32.1. The van der Waals surface area contributed by atoms with Gasteiger partial charge in [0.2, 0.25) is 0 Å². The van der Waals surface area contributed by atoms with E-state index < -0.39 is 18.0 Å². The van der Waals surface area contributed by atoms with Gasteiger partial charge in [-0.3, -0.25) is 4.79 Å². The van der Waals surface area contributed by atoms with Crippen LogP contribution in [0, 0.1) is 12.7 Å². The number of nitrogens with one attached hydrogen (secondary N) is 1. The van der Waals surface area contributed by atoms with Crippen molar-refractivity contribution in [2.24, 2.45) is 0 Å². The summed E-state index contributed by atoms with van der Waals surface area (Å²) < 4.78 is 24.0. The first-order chi connectivity index (χ1) is 14.8. The van der Waals surface area contributed by atoms with Crippen molar-refractivity contribution in [3.8, 4) is 5.75 Å². The van der Waals surface area contributed by atoms with Gasteiger partial charge in [-0.2, -0.15) is 0 Å². The van der Waals surface area contributed by atoms with Crippen LogP contribution in [0.5, 0.6) is 5.75 Å². The van der Waals surface area contributed by atoms with Gasteiger partial charge >= 0.3 is 5.97 Å². The van der Waals surface area contributed by atoms with E-state index in [2.05, 4.69) is 10.3 Å². The largest absolute Gasteiger partial charge is 0.487 e. The van der Waals surface area contributed by atoms with E-state index in [0.717, 1.165) is 16.3 Å². The molecular formula is C23H23FN2O4S. The molecule has 0 radical (unpaired) electrons. The molecule has 31 heavy (non-hydrogen) atoms. The summed E-state index contributed by atoms with van der Waals surface area (Å²) >= 11 is 1.56. The minimum Gasteiger partial charge on any atom is -0.487 e. The van der Waals surface area contributed by atoms with Gasteiger partial charge < -0.3 is 14.8 Å². The summed E-state index contributed by atoms with van der Waals surface area (Å²) in [6.45, 7) is 5.54. The molecule has 3 rings (SSSR count). The highest BCUT2D eigenvalue weighted by molar-refractivity contribution is 7.09. The molecule has 162 valence electrons. The summed E-state index contributed by atoms with van der Waals surface area (Å²) in [7, 11) is 0. The second kappa shape index (κ2) is 10.2. The van der Waals surface area contributed by atoms with Crippen molar-refractivity contribution in [2.45, 2.75) is 39.5 Å². The topological polar surface area (TPSA) is 77.5 Å². The Hall–Kier alpha value is -3.26. The summed E-state index contributed by atoms with van der Waals surface area (Å²) in [6, 6.07) is 12.0. The van der Waals surface area contributed by atoms with Gasteiger partial charge in [0, 0.05) is 5.38 Å². The van der Waals surface area contributed by atoms with Crippen molar-refractivity contribution in [2.75, 3.05) is 0 Å². The van der Waals surface area contributed by atoms with Crippen molar-refractivity contribution in [3.63, 3.8) is 0 Å². The average molecular weight is 443 g/mol. The maximum atomic E-state index is 13.0. The van der Waals surface area contributed by atoms with Crippen LogP contribution >= 0.6 is 11.3 Å². The summed E-state index contributed by atoms with van der Waals surface area (Å²) in [6.07, 6.45) is -0.987. The first kappa shape index (κ1) is 22.4. The van der Waals surface area contributed by atoms with Gasteiger partial charge in [0.05, 0.1) is 22.3 Å². The van der Waals surface area contributed by atoms with Gasteiger partial charge in [0.1, 0.15) is 18.2 Å². The number of benzene rings is 2. The van der Waals surface area contributed by atoms with Crippen molar-refractivity contribution in [1.82, 2.24) is 10.3 Å². The fourth-order valence-electron chi connectivity index (χ4n) is 2.77. The highest BCUT2D eigenvalue weighted by Crippen LogP contribution is 2.17. The lowest BCUT2D eigenvalue weighted by atomic mass is 10.1.